The topological polar surface area (TPSA) is 95.6 Å². The molecule has 0 atom stereocenters. The molecule has 0 spiro atoms. The van der Waals surface area contributed by atoms with Crippen molar-refractivity contribution in [2.75, 3.05) is 23.9 Å². The van der Waals surface area contributed by atoms with Gasteiger partial charge < -0.3 is 10.6 Å². The Kier molecular flexibility index (Phi) is 6.93. The van der Waals surface area contributed by atoms with E-state index in [1.165, 1.54) is 46.8 Å². The van der Waals surface area contributed by atoms with Crippen LogP contribution in [0.2, 0.25) is 0 Å². The lowest BCUT2D eigenvalue weighted by Gasteiger charge is -2.20. The van der Waals surface area contributed by atoms with Crippen LogP contribution in [0.4, 0.5) is 10.1 Å². The number of fused-ring (bicyclic) bond motifs is 1. The van der Waals surface area contributed by atoms with Crippen LogP contribution in [0.3, 0.4) is 0 Å². The van der Waals surface area contributed by atoms with Crippen LogP contribution in [0.15, 0.2) is 77.7 Å². The Morgan fingerprint density at radius 1 is 0.912 bits per heavy atom. The van der Waals surface area contributed by atoms with Gasteiger partial charge >= 0.3 is 0 Å². The molecule has 9 heteroatoms. The van der Waals surface area contributed by atoms with Gasteiger partial charge in [0.2, 0.25) is 5.91 Å². The van der Waals surface area contributed by atoms with Gasteiger partial charge in [0, 0.05) is 25.2 Å². The van der Waals surface area contributed by atoms with Gasteiger partial charge in [-0.2, -0.15) is 0 Å². The van der Waals surface area contributed by atoms with Crippen LogP contribution in [0.25, 0.3) is 0 Å². The molecule has 34 heavy (non-hydrogen) atoms. The van der Waals surface area contributed by atoms with E-state index in [9.17, 15) is 22.4 Å². The van der Waals surface area contributed by atoms with Gasteiger partial charge in [-0.15, -0.1) is 0 Å². The lowest BCUT2D eigenvalue weighted by atomic mass is 10.1. The molecule has 1 heterocycles. The summed E-state index contributed by atoms with van der Waals surface area (Å²) in [6.07, 6.45) is 0.672. The van der Waals surface area contributed by atoms with E-state index in [0.717, 1.165) is 5.56 Å². The van der Waals surface area contributed by atoms with E-state index < -0.39 is 21.7 Å². The fourth-order valence-electron chi connectivity index (χ4n) is 3.86. The molecule has 1 aliphatic heterocycles. The van der Waals surface area contributed by atoms with Crippen LogP contribution in [0, 0.1) is 5.82 Å². The van der Waals surface area contributed by atoms with E-state index in [0.29, 0.717) is 24.2 Å². The zero-order valence-electron chi connectivity index (χ0n) is 18.3. The number of rotatable bonds is 8. The Bertz CT molecular complexity index is 1330. The summed E-state index contributed by atoms with van der Waals surface area (Å²) in [6.45, 7) is 0.695. The number of hydrogen-bond donors (Lipinski definition) is 2. The number of para-hydroxylation sites is 1. The van der Waals surface area contributed by atoms with E-state index >= 15 is 0 Å². The Morgan fingerprint density at radius 2 is 1.68 bits per heavy atom. The molecule has 0 bridgehead atoms. The first-order valence-electron chi connectivity index (χ1n) is 10.8. The molecule has 0 radical (unpaired) electrons. The van der Waals surface area contributed by atoms with Gasteiger partial charge in [0.15, 0.2) is 0 Å². The fourth-order valence-corrected chi connectivity index (χ4v) is 5.41. The molecule has 0 saturated heterocycles. The highest BCUT2D eigenvalue weighted by molar-refractivity contribution is 7.92. The van der Waals surface area contributed by atoms with E-state index in [2.05, 4.69) is 10.6 Å². The maximum Gasteiger partial charge on any atom is 0.264 e. The molecule has 3 aromatic carbocycles. The molecule has 0 aliphatic carbocycles. The van der Waals surface area contributed by atoms with Crippen LogP contribution < -0.4 is 14.9 Å². The number of halogens is 1. The zero-order valence-corrected chi connectivity index (χ0v) is 19.1. The van der Waals surface area contributed by atoms with Crippen LogP contribution >= 0.6 is 0 Å². The fraction of sp³-hybridized carbons (Fsp3) is 0.200. The second-order valence-corrected chi connectivity index (χ2v) is 9.76. The van der Waals surface area contributed by atoms with Crippen LogP contribution in [0.1, 0.15) is 21.5 Å². The van der Waals surface area contributed by atoms with E-state index in [1.807, 2.05) is 12.1 Å². The number of hydrogen-bond acceptors (Lipinski definition) is 4. The predicted molar refractivity (Wildman–Crippen MR) is 127 cm³/mol. The molecule has 2 N–H and O–H groups in total. The summed E-state index contributed by atoms with van der Waals surface area (Å²) in [6, 6.07) is 19.1. The van der Waals surface area contributed by atoms with E-state index in [4.69, 9.17) is 0 Å². The second-order valence-electron chi connectivity index (χ2n) is 7.90. The number of carbonyl (C=O) groups excluding carboxylic acids is 2. The van der Waals surface area contributed by atoms with Crippen molar-refractivity contribution in [3.05, 3.63) is 95.3 Å². The van der Waals surface area contributed by atoms with Crippen LogP contribution in [0.5, 0.6) is 0 Å². The molecule has 0 saturated carbocycles. The summed E-state index contributed by atoms with van der Waals surface area (Å²) in [5.74, 6) is -1.15. The van der Waals surface area contributed by atoms with Crippen molar-refractivity contribution >= 4 is 27.5 Å². The monoisotopic (exact) mass is 481 g/mol. The minimum absolute atomic E-state index is 0.0330. The molecule has 1 aliphatic rings. The smallest absolute Gasteiger partial charge is 0.264 e. The highest BCUT2D eigenvalue weighted by Crippen LogP contribution is 2.32. The Hall–Kier alpha value is -3.72. The Morgan fingerprint density at radius 3 is 2.50 bits per heavy atom. The van der Waals surface area contributed by atoms with Crippen molar-refractivity contribution in [2.24, 2.45) is 0 Å². The van der Waals surface area contributed by atoms with Crippen LogP contribution in [-0.4, -0.2) is 39.9 Å². The molecule has 0 unspecified atom stereocenters. The standard InChI is InChI=1S/C25H24FN3O4S/c26-21-8-3-5-18(15-21)16-24(30)27-12-13-28-25(31)20-7-4-9-22(17-20)34(32,33)29-14-11-19-6-1-2-10-23(19)29/h1-10,15,17H,11-14,16H2,(H,27,30)(H,28,31). The first-order chi connectivity index (χ1) is 16.3. The maximum atomic E-state index is 13.2. The van der Waals surface area contributed by atoms with Crippen LogP contribution in [-0.2, 0) is 27.7 Å². The minimum Gasteiger partial charge on any atom is -0.354 e. The van der Waals surface area contributed by atoms with E-state index in [-0.39, 0.29) is 35.9 Å². The third-order valence-electron chi connectivity index (χ3n) is 5.52. The quantitative estimate of drug-likeness (QED) is 0.484. The summed E-state index contributed by atoms with van der Waals surface area (Å²) in [5.41, 5.74) is 2.39. The van der Waals surface area contributed by atoms with Gasteiger partial charge in [-0.3, -0.25) is 13.9 Å². The number of sulfonamides is 1. The third kappa shape index (κ3) is 5.26. The zero-order chi connectivity index (χ0) is 24.1. The van der Waals surface area contributed by atoms with Crippen molar-refractivity contribution in [1.29, 1.82) is 0 Å². The van der Waals surface area contributed by atoms with Crippen molar-refractivity contribution in [1.82, 2.24) is 10.6 Å². The van der Waals surface area contributed by atoms with E-state index in [1.54, 1.807) is 18.2 Å². The molecule has 0 aromatic heterocycles. The number of benzene rings is 3. The van der Waals surface area contributed by atoms with Crippen molar-refractivity contribution in [3.8, 4) is 0 Å². The number of amides is 2. The number of nitrogens with one attached hydrogen (secondary N) is 2. The summed E-state index contributed by atoms with van der Waals surface area (Å²) in [4.78, 5) is 24.6. The Labute approximate surface area is 197 Å². The summed E-state index contributed by atoms with van der Waals surface area (Å²) in [7, 11) is -3.81. The summed E-state index contributed by atoms with van der Waals surface area (Å²) >= 11 is 0. The molecule has 3 aromatic rings. The first-order valence-corrected chi connectivity index (χ1v) is 12.3. The van der Waals surface area contributed by atoms with Crippen molar-refractivity contribution in [2.45, 2.75) is 17.7 Å². The third-order valence-corrected chi connectivity index (χ3v) is 7.32. The van der Waals surface area contributed by atoms with Gasteiger partial charge in [0.25, 0.3) is 15.9 Å². The normalized spacial score (nSPS) is 12.8. The molecular weight excluding hydrogens is 457 g/mol. The van der Waals surface area contributed by atoms with Gasteiger partial charge in [-0.25, -0.2) is 12.8 Å². The largest absolute Gasteiger partial charge is 0.354 e. The molecule has 7 nitrogen and oxygen atoms in total. The second kappa shape index (κ2) is 10.0. The lowest BCUT2D eigenvalue weighted by molar-refractivity contribution is -0.120. The molecule has 4 rings (SSSR count). The van der Waals surface area contributed by atoms with Crippen molar-refractivity contribution in [3.63, 3.8) is 0 Å². The molecule has 2 amide bonds. The first kappa shape index (κ1) is 23.4. The predicted octanol–water partition coefficient (Wildman–Crippen LogP) is 2.67. The van der Waals surface area contributed by atoms with Gasteiger partial charge in [-0.05, 0) is 53.9 Å². The molecule has 176 valence electrons. The average Bonchev–Trinajstić information content (AvgIpc) is 3.27. The highest BCUT2D eigenvalue weighted by atomic mass is 32.2. The van der Waals surface area contributed by atoms with Gasteiger partial charge in [-0.1, -0.05) is 36.4 Å². The average molecular weight is 482 g/mol. The van der Waals surface area contributed by atoms with Gasteiger partial charge in [0.1, 0.15) is 5.82 Å². The summed E-state index contributed by atoms with van der Waals surface area (Å²) in [5, 5.41) is 5.33. The SMILES string of the molecule is O=C(Cc1cccc(F)c1)NCCNC(=O)c1cccc(S(=O)(=O)N2CCc3ccccc32)c1. The molecular formula is C25H24FN3O4S. The van der Waals surface area contributed by atoms with Crippen molar-refractivity contribution < 1.29 is 22.4 Å². The molecule has 0 fully saturated rings. The lowest BCUT2D eigenvalue weighted by Crippen LogP contribution is -2.35. The van der Waals surface area contributed by atoms with Gasteiger partial charge in [0.05, 0.1) is 17.0 Å². The number of carbonyl (C=O) groups is 2. The summed E-state index contributed by atoms with van der Waals surface area (Å²) < 4.78 is 41.0. The Balaban J connectivity index is 1.33. The maximum absolute atomic E-state index is 13.2. The highest BCUT2D eigenvalue weighted by Gasteiger charge is 2.30. The minimum atomic E-state index is -3.81. The number of anilines is 1. The number of nitrogens with zero attached hydrogens (tertiary/aromatic N) is 1.